The van der Waals surface area contributed by atoms with Crippen LogP contribution < -0.4 is 0 Å². The highest BCUT2D eigenvalue weighted by Gasteiger charge is 2.17. The summed E-state index contributed by atoms with van der Waals surface area (Å²) in [5.41, 5.74) is 1.24. The Morgan fingerprint density at radius 3 is 2.14 bits per heavy atom. The number of benzene rings is 1. The average molecular weight is 190 g/mol. The molecule has 1 heteroatoms. The first-order chi connectivity index (χ1) is 6.54. The molecule has 0 aliphatic heterocycles. The fourth-order valence-electron chi connectivity index (χ4n) is 1.28. The standard InChI is InChI=1S/C13H18O/c1-13(2,3)12(14-4)10-11-8-6-5-7-9-11/h5-10H,1-4H3/b12-10-. The molecule has 1 aromatic carbocycles. The Morgan fingerprint density at radius 2 is 1.71 bits per heavy atom. The van der Waals surface area contributed by atoms with Gasteiger partial charge in [0.1, 0.15) is 5.76 Å². The van der Waals surface area contributed by atoms with Crippen LogP contribution in [0, 0.1) is 5.41 Å². The van der Waals surface area contributed by atoms with E-state index in [1.165, 1.54) is 5.56 Å². The van der Waals surface area contributed by atoms with Crippen molar-refractivity contribution >= 4 is 6.08 Å². The number of hydrogen-bond acceptors (Lipinski definition) is 1. The minimum absolute atomic E-state index is 0.0601. The molecule has 0 radical (unpaired) electrons. The fourth-order valence-corrected chi connectivity index (χ4v) is 1.28. The molecular formula is C13H18O. The number of allylic oxidation sites excluding steroid dienone is 1. The molecule has 1 aromatic rings. The third-order valence-corrected chi connectivity index (χ3v) is 2.06. The van der Waals surface area contributed by atoms with Crippen LogP contribution in [0.15, 0.2) is 36.1 Å². The van der Waals surface area contributed by atoms with Crippen LogP contribution in [0.4, 0.5) is 0 Å². The molecule has 0 saturated heterocycles. The van der Waals surface area contributed by atoms with Crippen LogP contribution in [0.5, 0.6) is 0 Å². The van der Waals surface area contributed by atoms with Crippen molar-refractivity contribution in [1.29, 1.82) is 0 Å². The smallest absolute Gasteiger partial charge is 0.101 e. The summed E-state index contributed by atoms with van der Waals surface area (Å²) in [7, 11) is 1.72. The van der Waals surface area contributed by atoms with Crippen molar-refractivity contribution in [3.8, 4) is 0 Å². The number of ether oxygens (including phenoxy) is 1. The maximum absolute atomic E-state index is 5.38. The number of hydrogen-bond donors (Lipinski definition) is 0. The van der Waals surface area contributed by atoms with E-state index in [0.717, 1.165) is 5.76 Å². The van der Waals surface area contributed by atoms with Crippen molar-refractivity contribution in [3.63, 3.8) is 0 Å². The van der Waals surface area contributed by atoms with Crippen LogP contribution in [0.25, 0.3) is 6.08 Å². The molecule has 0 bridgehead atoms. The van der Waals surface area contributed by atoms with Gasteiger partial charge < -0.3 is 4.74 Å². The second-order valence-electron chi connectivity index (χ2n) is 4.37. The first-order valence-electron chi connectivity index (χ1n) is 4.85. The van der Waals surface area contributed by atoms with Crippen LogP contribution in [-0.2, 0) is 4.74 Å². The maximum Gasteiger partial charge on any atom is 0.101 e. The Morgan fingerprint density at radius 1 is 1.14 bits per heavy atom. The van der Waals surface area contributed by atoms with E-state index in [9.17, 15) is 0 Å². The Kier molecular flexibility index (Phi) is 3.34. The third kappa shape index (κ3) is 2.91. The molecule has 14 heavy (non-hydrogen) atoms. The minimum atomic E-state index is 0.0601. The molecule has 0 spiro atoms. The molecule has 0 N–H and O–H groups in total. The molecule has 0 unspecified atom stereocenters. The molecule has 0 atom stereocenters. The lowest BCUT2D eigenvalue weighted by Gasteiger charge is -2.21. The Bertz CT molecular complexity index is 304. The van der Waals surface area contributed by atoms with Crippen LogP contribution in [0.3, 0.4) is 0 Å². The summed E-state index contributed by atoms with van der Waals surface area (Å²) in [4.78, 5) is 0. The van der Waals surface area contributed by atoms with Crippen molar-refractivity contribution < 1.29 is 4.74 Å². The van der Waals surface area contributed by atoms with Gasteiger partial charge in [-0.3, -0.25) is 0 Å². The minimum Gasteiger partial charge on any atom is -0.501 e. The molecule has 0 heterocycles. The molecule has 0 fully saturated rings. The first-order valence-corrected chi connectivity index (χ1v) is 4.85. The average Bonchev–Trinajstić information content (AvgIpc) is 2.14. The normalized spacial score (nSPS) is 12.7. The molecule has 76 valence electrons. The summed E-state index contributed by atoms with van der Waals surface area (Å²) >= 11 is 0. The van der Waals surface area contributed by atoms with Gasteiger partial charge in [0.15, 0.2) is 0 Å². The van der Waals surface area contributed by atoms with Crippen molar-refractivity contribution in [3.05, 3.63) is 41.7 Å². The van der Waals surface area contributed by atoms with E-state index >= 15 is 0 Å². The van der Waals surface area contributed by atoms with Gasteiger partial charge in [-0.25, -0.2) is 0 Å². The summed E-state index contributed by atoms with van der Waals surface area (Å²) in [6.07, 6.45) is 2.08. The quantitative estimate of drug-likeness (QED) is 0.646. The van der Waals surface area contributed by atoms with Gasteiger partial charge >= 0.3 is 0 Å². The van der Waals surface area contributed by atoms with Crippen LogP contribution in [0.1, 0.15) is 26.3 Å². The lowest BCUT2D eigenvalue weighted by atomic mass is 9.92. The summed E-state index contributed by atoms with van der Waals surface area (Å²) < 4.78 is 5.38. The van der Waals surface area contributed by atoms with Crippen molar-refractivity contribution in [2.24, 2.45) is 5.41 Å². The number of methoxy groups -OCH3 is 1. The second kappa shape index (κ2) is 4.32. The molecule has 0 aliphatic carbocycles. The van der Waals surface area contributed by atoms with E-state index in [0.29, 0.717) is 0 Å². The monoisotopic (exact) mass is 190 g/mol. The van der Waals surface area contributed by atoms with Gasteiger partial charge in [-0.2, -0.15) is 0 Å². The van der Waals surface area contributed by atoms with E-state index in [2.05, 4.69) is 39.0 Å². The van der Waals surface area contributed by atoms with E-state index in [1.54, 1.807) is 7.11 Å². The van der Waals surface area contributed by atoms with E-state index in [1.807, 2.05) is 18.2 Å². The van der Waals surface area contributed by atoms with Gasteiger partial charge in [0.25, 0.3) is 0 Å². The van der Waals surface area contributed by atoms with Crippen molar-refractivity contribution in [1.82, 2.24) is 0 Å². The van der Waals surface area contributed by atoms with Gasteiger partial charge in [-0.1, -0.05) is 51.1 Å². The highest BCUT2D eigenvalue weighted by Crippen LogP contribution is 2.27. The zero-order valence-corrected chi connectivity index (χ0v) is 9.37. The van der Waals surface area contributed by atoms with Crippen molar-refractivity contribution in [2.45, 2.75) is 20.8 Å². The maximum atomic E-state index is 5.38. The Hall–Kier alpha value is -1.24. The van der Waals surface area contributed by atoms with E-state index in [4.69, 9.17) is 4.74 Å². The summed E-state index contributed by atoms with van der Waals surface area (Å²) in [5.74, 6) is 1.00. The lowest BCUT2D eigenvalue weighted by Crippen LogP contribution is -2.10. The summed E-state index contributed by atoms with van der Waals surface area (Å²) in [6.45, 7) is 6.43. The molecule has 0 aromatic heterocycles. The van der Waals surface area contributed by atoms with Gasteiger partial charge in [-0.15, -0.1) is 0 Å². The lowest BCUT2D eigenvalue weighted by molar-refractivity contribution is 0.211. The summed E-state index contributed by atoms with van der Waals surface area (Å²) in [5, 5.41) is 0. The van der Waals surface area contributed by atoms with Gasteiger partial charge in [0.05, 0.1) is 7.11 Å². The highest BCUT2D eigenvalue weighted by atomic mass is 16.5. The van der Waals surface area contributed by atoms with E-state index in [-0.39, 0.29) is 5.41 Å². The third-order valence-electron chi connectivity index (χ3n) is 2.06. The van der Waals surface area contributed by atoms with E-state index < -0.39 is 0 Å². The van der Waals surface area contributed by atoms with Crippen LogP contribution >= 0.6 is 0 Å². The zero-order chi connectivity index (χ0) is 10.6. The number of rotatable bonds is 2. The molecule has 1 nitrogen and oxygen atoms in total. The fraction of sp³-hybridized carbons (Fsp3) is 0.385. The molecule has 0 saturated carbocycles. The Labute approximate surface area is 86.4 Å². The second-order valence-corrected chi connectivity index (χ2v) is 4.37. The summed E-state index contributed by atoms with van der Waals surface area (Å²) in [6, 6.07) is 10.2. The van der Waals surface area contributed by atoms with Gasteiger partial charge in [0.2, 0.25) is 0 Å². The van der Waals surface area contributed by atoms with Crippen molar-refractivity contribution in [2.75, 3.05) is 7.11 Å². The van der Waals surface area contributed by atoms with Crippen LogP contribution in [0.2, 0.25) is 0 Å². The van der Waals surface area contributed by atoms with Gasteiger partial charge in [0, 0.05) is 5.41 Å². The zero-order valence-electron chi connectivity index (χ0n) is 9.37. The topological polar surface area (TPSA) is 9.23 Å². The SMILES string of the molecule is CO/C(=C\c1ccccc1)C(C)(C)C. The molecule has 1 rings (SSSR count). The van der Waals surface area contributed by atoms with Gasteiger partial charge in [-0.05, 0) is 11.6 Å². The Balaban J connectivity index is 2.96. The van der Waals surface area contributed by atoms with Crippen LogP contribution in [-0.4, -0.2) is 7.11 Å². The largest absolute Gasteiger partial charge is 0.501 e. The predicted octanol–water partition coefficient (Wildman–Crippen LogP) is 3.72. The molecular weight excluding hydrogens is 172 g/mol. The predicted molar refractivity (Wildman–Crippen MR) is 60.9 cm³/mol. The molecule has 0 aliphatic rings. The first kappa shape index (κ1) is 10.8. The molecule has 0 amide bonds. The highest BCUT2D eigenvalue weighted by molar-refractivity contribution is 5.52.